The fourth-order valence-corrected chi connectivity index (χ4v) is 5.32. The molecule has 38 heavy (non-hydrogen) atoms. The number of piperazine rings is 1. The summed E-state index contributed by atoms with van der Waals surface area (Å²) >= 11 is 0. The number of rotatable bonds is 5. The SMILES string of the molecule is O=C(NO)[C@H]1C[C@H](Oc2ccnc3ccccc23)CN(C(=O)O)[C@@H]1C(=O)N1CCN(c2ccccc2)CC1. The fourth-order valence-electron chi connectivity index (χ4n) is 5.32. The minimum absolute atomic E-state index is 0.0488. The number of pyridine rings is 1. The first kappa shape index (κ1) is 25.3. The summed E-state index contributed by atoms with van der Waals surface area (Å²) in [6.07, 6.45) is -0.421. The van der Waals surface area contributed by atoms with Gasteiger partial charge in [-0.05, 0) is 30.3 Å². The topological polar surface area (TPSA) is 136 Å². The fraction of sp³-hybridized carbons (Fsp3) is 0.333. The van der Waals surface area contributed by atoms with Gasteiger partial charge >= 0.3 is 6.09 Å². The molecule has 1 aromatic heterocycles. The highest BCUT2D eigenvalue weighted by Crippen LogP contribution is 2.32. The molecule has 2 fully saturated rings. The molecule has 198 valence electrons. The van der Waals surface area contributed by atoms with Crippen LogP contribution in [0, 0.1) is 5.92 Å². The van der Waals surface area contributed by atoms with E-state index in [0.717, 1.165) is 16.0 Å². The smallest absolute Gasteiger partial charge is 0.408 e. The number of benzene rings is 2. The Morgan fingerprint density at radius 3 is 2.37 bits per heavy atom. The summed E-state index contributed by atoms with van der Waals surface area (Å²) in [7, 11) is 0. The van der Waals surface area contributed by atoms with Gasteiger partial charge in [-0.15, -0.1) is 0 Å². The molecule has 3 amide bonds. The zero-order chi connectivity index (χ0) is 26.6. The second-order valence-corrected chi connectivity index (χ2v) is 9.41. The van der Waals surface area contributed by atoms with Crippen LogP contribution in [-0.2, 0) is 9.59 Å². The molecule has 3 aromatic rings. The molecule has 2 saturated heterocycles. The summed E-state index contributed by atoms with van der Waals surface area (Å²) in [4.78, 5) is 47.8. The maximum Gasteiger partial charge on any atom is 0.408 e. The predicted molar refractivity (Wildman–Crippen MR) is 138 cm³/mol. The molecule has 5 rings (SSSR count). The van der Waals surface area contributed by atoms with Crippen LogP contribution >= 0.6 is 0 Å². The third kappa shape index (κ3) is 5.05. The number of hydroxylamine groups is 1. The molecule has 11 nitrogen and oxygen atoms in total. The lowest BCUT2D eigenvalue weighted by Crippen LogP contribution is -2.64. The molecule has 3 heterocycles. The van der Waals surface area contributed by atoms with Crippen LogP contribution in [0.2, 0.25) is 0 Å². The van der Waals surface area contributed by atoms with Gasteiger partial charge in [-0.3, -0.25) is 24.7 Å². The number of carbonyl (C=O) groups excluding carboxylic acids is 2. The summed E-state index contributed by atoms with van der Waals surface area (Å²) < 4.78 is 6.17. The number of piperidine rings is 1. The molecule has 0 unspecified atom stereocenters. The lowest BCUT2D eigenvalue weighted by atomic mass is 9.86. The quantitative estimate of drug-likeness (QED) is 0.345. The zero-order valence-electron chi connectivity index (χ0n) is 20.6. The summed E-state index contributed by atoms with van der Waals surface area (Å²) in [5.74, 6) is -1.93. The Kier molecular flexibility index (Phi) is 7.27. The van der Waals surface area contributed by atoms with Gasteiger partial charge in [0, 0.05) is 49.9 Å². The lowest BCUT2D eigenvalue weighted by Gasteiger charge is -2.44. The van der Waals surface area contributed by atoms with Gasteiger partial charge in [0.1, 0.15) is 17.9 Å². The van der Waals surface area contributed by atoms with E-state index in [4.69, 9.17) is 4.74 Å². The van der Waals surface area contributed by atoms with Gasteiger partial charge in [-0.25, -0.2) is 10.3 Å². The molecule has 0 radical (unpaired) electrons. The van der Waals surface area contributed by atoms with Gasteiger partial charge in [0.05, 0.1) is 18.0 Å². The van der Waals surface area contributed by atoms with Crippen LogP contribution in [0.15, 0.2) is 66.9 Å². The van der Waals surface area contributed by atoms with Gasteiger partial charge in [0.2, 0.25) is 11.8 Å². The van der Waals surface area contributed by atoms with Gasteiger partial charge in [-0.2, -0.15) is 0 Å². The Bertz CT molecular complexity index is 1310. The molecular formula is C27H29N5O6. The van der Waals surface area contributed by atoms with Gasteiger partial charge in [0.15, 0.2) is 0 Å². The number of carboxylic acid groups (broad SMARTS) is 1. The Balaban J connectivity index is 1.35. The molecule has 2 aromatic carbocycles. The average Bonchev–Trinajstić information content (AvgIpc) is 2.96. The zero-order valence-corrected chi connectivity index (χ0v) is 20.6. The third-order valence-electron chi connectivity index (χ3n) is 7.20. The highest BCUT2D eigenvalue weighted by molar-refractivity contribution is 5.92. The van der Waals surface area contributed by atoms with Crippen molar-refractivity contribution in [3.8, 4) is 5.75 Å². The molecule has 3 atom stereocenters. The van der Waals surface area contributed by atoms with Crippen LogP contribution in [0.5, 0.6) is 5.75 Å². The monoisotopic (exact) mass is 519 g/mol. The molecular weight excluding hydrogens is 490 g/mol. The van der Waals surface area contributed by atoms with E-state index in [-0.39, 0.29) is 13.0 Å². The van der Waals surface area contributed by atoms with Gasteiger partial charge < -0.3 is 19.6 Å². The van der Waals surface area contributed by atoms with Crippen molar-refractivity contribution in [2.75, 3.05) is 37.6 Å². The van der Waals surface area contributed by atoms with Crippen molar-refractivity contribution >= 4 is 34.5 Å². The lowest BCUT2D eigenvalue weighted by molar-refractivity contribution is -0.150. The Morgan fingerprint density at radius 1 is 0.947 bits per heavy atom. The summed E-state index contributed by atoms with van der Waals surface area (Å²) in [6.45, 7) is 1.81. The number of anilines is 1. The normalized spacial score (nSPS) is 21.7. The number of carbonyl (C=O) groups is 3. The molecule has 11 heteroatoms. The standard InChI is InChI=1S/C27H29N5O6/c33-25(29-37)21-16-19(38-23-10-11-28-22-9-5-4-8-20(22)23)17-32(27(35)36)24(21)26(34)31-14-12-30(13-15-31)18-6-2-1-3-7-18/h1-11,19,21,24,37H,12-17H2,(H,29,33)(H,35,36)/t19-,21-,24-/m0/s1. The van der Waals surface area contributed by atoms with E-state index < -0.39 is 36.0 Å². The Morgan fingerprint density at radius 2 is 1.66 bits per heavy atom. The number of hydrogen-bond donors (Lipinski definition) is 3. The highest BCUT2D eigenvalue weighted by Gasteiger charge is 2.48. The molecule has 2 aliphatic rings. The Labute approximate surface area is 219 Å². The van der Waals surface area contributed by atoms with Gasteiger partial charge in [0.25, 0.3) is 0 Å². The largest absolute Gasteiger partial charge is 0.488 e. The number of fused-ring (bicyclic) bond motifs is 1. The van der Waals surface area contributed by atoms with E-state index in [0.29, 0.717) is 37.4 Å². The van der Waals surface area contributed by atoms with Crippen LogP contribution in [0.4, 0.5) is 10.5 Å². The van der Waals surface area contributed by atoms with Crippen LogP contribution in [0.25, 0.3) is 10.9 Å². The summed E-state index contributed by atoms with van der Waals surface area (Å²) in [5, 5.41) is 20.3. The summed E-state index contributed by atoms with van der Waals surface area (Å²) in [6, 6.07) is 17.6. The maximum absolute atomic E-state index is 13.7. The highest BCUT2D eigenvalue weighted by atomic mass is 16.5. The van der Waals surface area contributed by atoms with Crippen LogP contribution in [0.1, 0.15) is 6.42 Å². The van der Waals surface area contributed by atoms with Crippen molar-refractivity contribution in [3.63, 3.8) is 0 Å². The van der Waals surface area contributed by atoms with E-state index in [1.807, 2.05) is 54.6 Å². The average molecular weight is 520 g/mol. The first-order valence-corrected chi connectivity index (χ1v) is 12.5. The number of nitrogens with zero attached hydrogens (tertiary/aromatic N) is 4. The maximum atomic E-state index is 13.7. The van der Waals surface area contributed by atoms with Crippen molar-refractivity contribution in [2.45, 2.75) is 18.6 Å². The molecule has 0 bridgehead atoms. The van der Waals surface area contributed by atoms with E-state index in [2.05, 4.69) is 9.88 Å². The molecule has 0 aliphatic carbocycles. The van der Waals surface area contributed by atoms with E-state index in [1.165, 1.54) is 0 Å². The minimum atomic E-state index is -1.34. The number of likely N-dealkylation sites (tertiary alicyclic amines) is 1. The van der Waals surface area contributed by atoms with Crippen molar-refractivity contribution < 1.29 is 29.4 Å². The first-order chi connectivity index (χ1) is 18.5. The van der Waals surface area contributed by atoms with Crippen LogP contribution < -0.4 is 15.1 Å². The molecule has 0 spiro atoms. The van der Waals surface area contributed by atoms with E-state index in [9.17, 15) is 24.7 Å². The van der Waals surface area contributed by atoms with Crippen molar-refractivity contribution in [2.24, 2.45) is 5.92 Å². The number of hydrogen-bond acceptors (Lipinski definition) is 7. The van der Waals surface area contributed by atoms with E-state index in [1.54, 1.807) is 22.6 Å². The van der Waals surface area contributed by atoms with E-state index >= 15 is 0 Å². The molecule has 3 N–H and O–H groups in total. The second-order valence-electron chi connectivity index (χ2n) is 9.41. The molecule has 2 aliphatic heterocycles. The van der Waals surface area contributed by atoms with Crippen molar-refractivity contribution in [1.82, 2.24) is 20.3 Å². The number of aromatic nitrogens is 1. The Hall–Kier alpha value is -4.38. The van der Waals surface area contributed by atoms with Crippen molar-refractivity contribution in [3.05, 3.63) is 66.9 Å². The summed E-state index contributed by atoms with van der Waals surface area (Å²) in [5.41, 5.74) is 3.38. The number of nitrogens with one attached hydrogen (secondary N) is 1. The number of para-hydroxylation sites is 2. The number of ether oxygens (including phenoxy) is 1. The van der Waals surface area contributed by atoms with Crippen LogP contribution in [0.3, 0.4) is 0 Å². The third-order valence-corrected chi connectivity index (χ3v) is 7.20. The minimum Gasteiger partial charge on any atom is -0.488 e. The predicted octanol–water partition coefficient (Wildman–Crippen LogP) is 2.20. The first-order valence-electron chi connectivity index (χ1n) is 12.5. The second kappa shape index (κ2) is 10.9. The van der Waals surface area contributed by atoms with Crippen LogP contribution in [-0.4, -0.2) is 87.9 Å². The molecule has 0 saturated carbocycles. The van der Waals surface area contributed by atoms with Gasteiger partial charge in [-0.1, -0.05) is 30.3 Å². The van der Waals surface area contributed by atoms with Crippen molar-refractivity contribution in [1.29, 1.82) is 0 Å². The number of amides is 3.